The van der Waals surface area contributed by atoms with Gasteiger partial charge in [-0.3, -0.25) is 4.79 Å². The summed E-state index contributed by atoms with van der Waals surface area (Å²) in [5.41, 5.74) is 1.12. The van der Waals surface area contributed by atoms with Gasteiger partial charge in [0.2, 0.25) is 0 Å². The summed E-state index contributed by atoms with van der Waals surface area (Å²) in [5.74, 6) is 0.122. The van der Waals surface area contributed by atoms with Crippen molar-refractivity contribution in [1.82, 2.24) is 4.90 Å². The number of hydrogen-bond acceptors (Lipinski definition) is 3. The van der Waals surface area contributed by atoms with Crippen LogP contribution in [-0.2, 0) is 0 Å². The maximum Gasteiger partial charge on any atom is 0.264 e. The second kappa shape index (κ2) is 6.38. The van der Waals surface area contributed by atoms with Crippen molar-refractivity contribution < 1.29 is 4.79 Å². The fourth-order valence-electron chi connectivity index (χ4n) is 2.43. The molecule has 0 N–H and O–H groups in total. The number of anilines is 1. The molecule has 1 aliphatic heterocycles. The Kier molecular flexibility index (Phi) is 4.52. The van der Waals surface area contributed by atoms with Crippen molar-refractivity contribution in [2.45, 2.75) is 0 Å². The molecule has 0 radical (unpaired) electrons. The molecule has 1 fully saturated rings. The molecule has 0 saturated carbocycles. The van der Waals surface area contributed by atoms with Gasteiger partial charge >= 0.3 is 0 Å². The van der Waals surface area contributed by atoms with E-state index in [-0.39, 0.29) is 5.91 Å². The summed E-state index contributed by atoms with van der Waals surface area (Å²) in [5, 5.41) is 0.745. The van der Waals surface area contributed by atoms with Gasteiger partial charge in [0, 0.05) is 36.9 Å². The first-order valence-corrected chi connectivity index (χ1v) is 8.67. The number of benzene rings is 1. The molecular formula is C15H14BrClN2OS. The van der Waals surface area contributed by atoms with Crippen LogP contribution in [0.2, 0.25) is 5.02 Å². The Hall–Kier alpha value is -1.04. The van der Waals surface area contributed by atoms with Gasteiger partial charge in [0.1, 0.15) is 0 Å². The van der Waals surface area contributed by atoms with Gasteiger partial charge in [0.15, 0.2) is 0 Å². The van der Waals surface area contributed by atoms with E-state index in [0.717, 1.165) is 45.6 Å². The Morgan fingerprint density at radius 3 is 2.52 bits per heavy atom. The molecule has 1 saturated heterocycles. The number of halogens is 2. The average molecular weight is 386 g/mol. The SMILES string of the molecule is O=C(c1ccc(Br)s1)N1CCN(c2cccc(Cl)c2)CC1. The summed E-state index contributed by atoms with van der Waals surface area (Å²) in [6.45, 7) is 3.14. The number of thiophene rings is 1. The van der Waals surface area contributed by atoms with Crippen LogP contribution in [0, 0.1) is 0 Å². The lowest BCUT2D eigenvalue weighted by Gasteiger charge is -2.36. The first kappa shape index (κ1) is 14.9. The Balaban J connectivity index is 1.64. The standard InChI is InChI=1S/C15H14BrClN2OS/c16-14-5-4-13(21-14)15(20)19-8-6-18(7-9-19)12-3-1-2-11(17)10-12/h1-5,10H,6-9H2. The summed E-state index contributed by atoms with van der Waals surface area (Å²) in [7, 11) is 0. The summed E-state index contributed by atoms with van der Waals surface area (Å²) >= 11 is 10.9. The normalized spacial score (nSPS) is 15.3. The lowest BCUT2D eigenvalue weighted by Crippen LogP contribution is -2.48. The van der Waals surface area contributed by atoms with Crippen molar-refractivity contribution >= 4 is 50.5 Å². The first-order chi connectivity index (χ1) is 10.1. The van der Waals surface area contributed by atoms with Crippen LogP contribution >= 0.6 is 38.9 Å². The molecule has 0 atom stereocenters. The van der Waals surface area contributed by atoms with E-state index in [2.05, 4.69) is 26.9 Å². The summed E-state index contributed by atoms with van der Waals surface area (Å²) in [6.07, 6.45) is 0. The Morgan fingerprint density at radius 1 is 1.14 bits per heavy atom. The molecule has 2 aromatic rings. The highest BCUT2D eigenvalue weighted by atomic mass is 79.9. The van der Waals surface area contributed by atoms with E-state index in [1.54, 1.807) is 0 Å². The smallest absolute Gasteiger partial charge is 0.264 e. The van der Waals surface area contributed by atoms with Gasteiger partial charge in [-0.15, -0.1) is 11.3 Å². The zero-order valence-corrected chi connectivity index (χ0v) is 14.4. The molecule has 1 aliphatic rings. The van der Waals surface area contributed by atoms with Gasteiger partial charge in [0.25, 0.3) is 5.91 Å². The van der Waals surface area contributed by atoms with Crippen molar-refractivity contribution in [3.05, 3.63) is 50.1 Å². The minimum Gasteiger partial charge on any atom is -0.368 e. The van der Waals surface area contributed by atoms with Crippen molar-refractivity contribution in [3.63, 3.8) is 0 Å². The number of piperazine rings is 1. The van der Waals surface area contributed by atoms with E-state index in [4.69, 9.17) is 11.6 Å². The van der Waals surface area contributed by atoms with Gasteiger partial charge in [-0.2, -0.15) is 0 Å². The minimum absolute atomic E-state index is 0.122. The summed E-state index contributed by atoms with van der Waals surface area (Å²) < 4.78 is 0.989. The first-order valence-electron chi connectivity index (χ1n) is 6.68. The molecule has 21 heavy (non-hydrogen) atoms. The zero-order chi connectivity index (χ0) is 14.8. The molecule has 6 heteroatoms. The van der Waals surface area contributed by atoms with Gasteiger partial charge in [-0.05, 0) is 46.3 Å². The van der Waals surface area contributed by atoms with Crippen molar-refractivity contribution in [1.29, 1.82) is 0 Å². The van der Waals surface area contributed by atoms with Gasteiger partial charge in [-0.25, -0.2) is 0 Å². The highest BCUT2D eigenvalue weighted by Gasteiger charge is 2.23. The van der Waals surface area contributed by atoms with Gasteiger partial charge in [0.05, 0.1) is 8.66 Å². The van der Waals surface area contributed by atoms with E-state index in [1.807, 2.05) is 35.2 Å². The van der Waals surface area contributed by atoms with Crippen LogP contribution in [0.25, 0.3) is 0 Å². The maximum absolute atomic E-state index is 12.4. The van der Waals surface area contributed by atoms with Gasteiger partial charge < -0.3 is 9.80 Å². The molecule has 110 valence electrons. The average Bonchev–Trinajstić information content (AvgIpc) is 2.93. The molecule has 1 amide bonds. The molecule has 1 aromatic heterocycles. The van der Waals surface area contributed by atoms with Crippen molar-refractivity contribution in [3.8, 4) is 0 Å². The zero-order valence-electron chi connectivity index (χ0n) is 11.3. The molecule has 1 aromatic carbocycles. The molecule has 2 heterocycles. The lowest BCUT2D eigenvalue weighted by molar-refractivity contribution is 0.0751. The Bertz CT molecular complexity index is 653. The Morgan fingerprint density at radius 2 is 1.90 bits per heavy atom. The predicted octanol–water partition coefficient (Wildman–Crippen LogP) is 4.13. The summed E-state index contributed by atoms with van der Waals surface area (Å²) in [6, 6.07) is 11.6. The van der Waals surface area contributed by atoms with Crippen LogP contribution in [-0.4, -0.2) is 37.0 Å². The van der Waals surface area contributed by atoms with Crippen LogP contribution in [0.3, 0.4) is 0 Å². The fourth-order valence-corrected chi connectivity index (χ4v) is 3.96. The van der Waals surface area contributed by atoms with Crippen LogP contribution in [0.5, 0.6) is 0 Å². The topological polar surface area (TPSA) is 23.6 Å². The van der Waals surface area contributed by atoms with Crippen LogP contribution < -0.4 is 4.90 Å². The van der Waals surface area contributed by atoms with Crippen LogP contribution in [0.4, 0.5) is 5.69 Å². The highest BCUT2D eigenvalue weighted by Crippen LogP contribution is 2.25. The van der Waals surface area contributed by atoms with E-state index >= 15 is 0 Å². The molecule has 0 bridgehead atoms. The van der Waals surface area contributed by atoms with Crippen LogP contribution in [0.1, 0.15) is 9.67 Å². The molecule has 0 unspecified atom stereocenters. The Labute approximate surface area is 141 Å². The van der Waals surface area contributed by atoms with E-state index in [0.29, 0.717) is 0 Å². The minimum atomic E-state index is 0.122. The number of carbonyl (C=O) groups is 1. The third-order valence-corrected chi connectivity index (χ3v) is 5.37. The maximum atomic E-state index is 12.4. The number of rotatable bonds is 2. The molecule has 3 nitrogen and oxygen atoms in total. The second-order valence-corrected chi connectivity index (χ2v) is 7.76. The quantitative estimate of drug-likeness (QED) is 0.776. The van der Waals surface area contributed by atoms with E-state index < -0.39 is 0 Å². The highest BCUT2D eigenvalue weighted by molar-refractivity contribution is 9.11. The summed E-state index contributed by atoms with van der Waals surface area (Å²) in [4.78, 5) is 17.4. The third kappa shape index (κ3) is 3.42. The number of hydrogen-bond donors (Lipinski definition) is 0. The van der Waals surface area contributed by atoms with Crippen molar-refractivity contribution in [2.75, 3.05) is 31.1 Å². The molecule has 0 spiro atoms. The van der Waals surface area contributed by atoms with E-state index in [1.165, 1.54) is 11.3 Å². The van der Waals surface area contributed by atoms with Crippen LogP contribution in [0.15, 0.2) is 40.2 Å². The third-order valence-electron chi connectivity index (χ3n) is 3.52. The molecule has 3 rings (SSSR count). The monoisotopic (exact) mass is 384 g/mol. The van der Waals surface area contributed by atoms with E-state index in [9.17, 15) is 4.79 Å². The van der Waals surface area contributed by atoms with Crippen molar-refractivity contribution in [2.24, 2.45) is 0 Å². The molecule has 0 aliphatic carbocycles. The number of amides is 1. The van der Waals surface area contributed by atoms with Gasteiger partial charge in [-0.1, -0.05) is 17.7 Å². The number of nitrogens with zero attached hydrogens (tertiary/aromatic N) is 2. The fraction of sp³-hybridized carbons (Fsp3) is 0.267. The lowest BCUT2D eigenvalue weighted by atomic mass is 10.2. The molecular weight excluding hydrogens is 372 g/mol. The number of carbonyl (C=O) groups excluding carboxylic acids is 1. The predicted molar refractivity (Wildman–Crippen MR) is 91.6 cm³/mol. The second-order valence-electron chi connectivity index (χ2n) is 4.86. The largest absolute Gasteiger partial charge is 0.368 e.